The predicted octanol–water partition coefficient (Wildman–Crippen LogP) is 3.31. The molecule has 0 aliphatic carbocycles. The van der Waals surface area contributed by atoms with Gasteiger partial charge in [-0.3, -0.25) is 23.5 Å². The Morgan fingerprint density at radius 1 is 0.943 bits per heavy atom. The van der Waals surface area contributed by atoms with E-state index in [2.05, 4.69) is 10.6 Å². The SMILES string of the molecule is CCc1cccc(NC(=O)Cn2c(=O)n(CCCCC(=O)NCC(C)C)c(=O)c3ccccc32)c1. The number of carbonyl (C=O) groups is 2. The van der Waals surface area contributed by atoms with Crippen LogP contribution in [0.1, 0.15) is 45.6 Å². The molecule has 3 aromatic rings. The highest BCUT2D eigenvalue weighted by Crippen LogP contribution is 2.12. The van der Waals surface area contributed by atoms with Crippen molar-refractivity contribution in [3.63, 3.8) is 0 Å². The van der Waals surface area contributed by atoms with Crippen LogP contribution in [0.4, 0.5) is 5.69 Å². The maximum absolute atomic E-state index is 13.3. The number of hydrogen-bond acceptors (Lipinski definition) is 4. The maximum atomic E-state index is 13.3. The van der Waals surface area contributed by atoms with Crippen molar-refractivity contribution in [1.29, 1.82) is 0 Å². The average molecular weight is 479 g/mol. The molecule has 0 saturated carbocycles. The van der Waals surface area contributed by atoms with Crippen molar-refractivity contribution < 1.29 is 9.59 Å². The van der Waals surface area contributed by atoms with Crippen LogP contribution in [0.25, 0.3) is 10.9 Å². The van der Waals surface area contributed by atoms with E-state index in [-0.39, 0.29) is 30.5 Å². The Morgan fingerprint density at radius 3 is 2.46 bits per heavy atom. The van der Waals surface area contributed by atoms with Gasteiger partial charge in [0.1, 0.15) is 6.54 Å². The van der Waals surface area contributed by atoms with Crippen LogP contribution in [0, 0.1) is 5.92 Å². The summed E-state index contributed by atoms with van der Waals surface area (Å²) < 4.78 is 2.50. The van der Waals surface area contributed by atoms with Gasteiger partial charge in [-0.15, -0.1) is 0 Å². The first-order chi connectivity index (χ1) is 16.8. The van der Waals surface area contributed by atoms with Crippen molar-refractivity contribution in [3.05, 3.63) is 74.9 Å². The summed E-state index contributed by atoms with van der Waals surface area (Å²) in [6.45, 7) is 6.68. The molecule has 0 saturated heterocycles. The number of fused-ring (bicyclic) bond motifs is 1. The fourth-order valence-corrected chi connectivity index (χ4v) is 3.90. The van der Waals surface area contributed by atoms with Crippen molar-refractivity contribution in [1.82, 2.24) is 14.5 Å². The van der Waals surface area contributed by atoms with Gasteiger partial charge in [0.25, 0.3) is 5.56 Å². The highest BCUT2D eigenvalue weighted by Gasteiger charge is 2.15. The summed E-state index contributed by atoms with van der Waals surface area (Å²) in [5.74, 6) is -0.00954. The van der Waals surface area contributed by atoms with E-state index in [1.165, 1.54) is 9.13 Å². The van der Waals surface area contributed by atoms with Gasteiger partial charge in [0.15, 0.2) is 0 Å². The van der Waals surface area contributed by atoms with Crippen molar-refractivity contribution in [3.8, 4) is 0 Å². The molecule has 1 aromatic heterocycles. The van der Waals surface area contributed by atoms with Gasteiger partial charge in [-0.1, -0.05) is 45.0 Å². The van der Waals surface area contributed by atoms with Crippen molar-refractivity contribution in [2.24, 2.45) is 5.92 Å². The number of amides is 2. The smallest absolute Gasteiger partial charge is 0.331 e. The third-order valence-electron chi connectivity index (χ3n) is 5.80. The van der Waals surface area contributed by atoms with Gasteiger partial charge in [0.05, 0.1) is 10.9 Å². The number of aromatic nitrogens is 2. The lowest BCUT2D eigenvalue weighted by atomic mass is 10.1. The fourth-order valence-electron chi connectivity index (χ4n) is 3.90. The van der Waals surface area contributed by atoms with Crippen LogP contribution in [0.3, 0.4) is 0 Å². The Morgan fingerprint density at radius 2 is 1.71 bits per heavy atom. The minimum Gasteiger partial charge on any atom is -0.356 e. The number of aryl methyl sites for hydroxylation is 1. The monoisotopic (exact) mass is 478 g/mol. The minimum atomic E-state index is -0.532. The Bertz CT molecular complexity index is 1310. The van der Waals surface area contributed by atoms with Crippen LogP contribution in [0.15, 0.2) is 58.1 Å². The van der Waals surface area contributed by atoms with Crippen molar-refractivity contribution >= 4 is 28.4 Å². The Kier molecular flexibility index (Phi) is 9.00. The summed E-state index contributed by atoms with van der Waals surface area (Å²) in [5, 5.41) is 6.09. The number of hydrogen-bond donors (Lipinski definition) is 2. The van der Waals surface area contributed by atoms with E-state index in [1.54, 1.807) is 30.3 Å². The first-order valence-electron chi connectivity index (χ1n) is 12.2. The van der Waals surface area contributed by atoms with Crippen LogP contribution < -0.4 is 21.9 Å². The third-order valence-corrected chi connectivity index (χ3v) is 5.80. The van der Waals surface area contributed by atoms with E-state index >= 15 is 0 Å². The molecule has 8 heteroatoms. The Labute approximate surface area is 205 Å². The number of nitrogens with one attached hydrogen (secondary N) is 2. The summed E-state index contributed by atoms with van der Waals surface area (Å²) in [7, 11) is 0. The molecule has 186 valence electrons. The second-order valence-corrected chi connectivity index (χ2v) is 9.10. The van der Waals surface area contributed by atoms with Crippen LogP contribution >= 0.6 is 0 Å². The van der Waals surface area contributed by atoms with E-state index in [9.17, 15) is 19.2 Å². The lowest BCUT2D eigenvalue weighted by molar-refractivity contribution is -0.121. The number of para-hydroxylation sites is 1. The summed E-state index contributed by atoms with van der Waals surface area (Å²) in [6, 6.07) is 14.4. The molecule has 0 spiro atoms. The standard InChI is InChI=1S/C27H34N4O4/c1-4-20-10-9-11-21(16-20)29-25(33)18-31-23-13-6-5-12-22(23)26(34)30(27(31)35)15-8-7-14-24(32)28-17-19(2)3/h5-6,9-13,16,19H,4,7-8,14-15,17-18H2,1-3H3,(H,28,32)(H,29,33). The summed E-state index contributed by atoms with van der Waals surface area (Å²) in [4.78, 5) is 51.0. The van der Waals surface area contributed by atoms with Gasteiger partial charge < -0.3 is 10.6 Å². The zero-order valence-corrected chi connectivity index (χ0v) is 20.7. The molecule has 8 nitrogen and oxygen atoms in total. The number of nitrogens with zero attached hydrogens (tertiary/aromatic N) is 2. The second kappa shape index (κ2) is 12.1. The zero-order chi connectivity index (χ0) is 25.4. The van der Waals surface area contributed by atoms with Gasteiger partial charge in [0, 0.05) is 25.2 Å². The summed E-state index contributed by atoms with van der Waals surface area (Å²) in [6.07, 6.45) is 2.23. The molecular formula is C27H34N4O4. The molecular weight excluding hydrogens is 444 g/mol. The predicted molar refractivity (Wildman–Crippen MR) is 139 cm³/mol. The summed E-state index contributed by atoms with van der Waals surface area (Å²) in [5.41, 5.74) is 1.26. The van der Waals surface area contributed by atoms with E-state index in [1.807, 2.05) is 39.0 Å². The number of rotatable bonds is 11. The van der Waals surface area contributed by atoms with Gasteiger partial charge in [0.2, 0.25) is 11.8 Å². The fraction of sp³-hybridized carbons (Fsp3) is 0.407. The molecule has 0 fully saturated rings. The molecule has 0 bridgehead atoms. The first-order valence-corrected chi connectivity index (χ1v) is 12.2. The molecule has 35 heavy (non-hydrogen) atoms. The zero-order valence-electron chi connectivity index (χ0n) is 20.7. The van der Waals surface area contributed by atoms with Gasteiger partial charge in [-0.25, -0.2) is 4.79 Å². The molecule has 2 aromatic carbocycles. The molecule has 0 aliphatic heterocycles. The van der Waals surface area contributed by atoms with Crippen LogP contribution in [-0.4, -0.2) is 27.5 Å². The first kappa shape index (κ1) is 25.9. The lowest BCUT2D eigenvalue weighted by Crippen LogP contribution is -2.41. The third kappa shape index (κ3) is 6.91. The second-order valence-electron chi connectivity index (χ2n) is 9.10. The number of benzene rings is 2. The Hall–Kier alpha value is -3.68. The highest BCUT2D eigenvalue weighted by molar-refractivity contribution is 5.91. The van der Waals surface area contributed by atoms with E-state index in [4.69, 9.17) is 0 Å². The maximum Gasteiger partial charge on any atom is 0.331 e. The van der Waals surface area contributed by atoms with Crippen LogP contribution in [0.2, 0.25) is 0 Å². The molecule has 0 radical (unpaired) electrons. The summed E-state index contributed by atoms with van der Waals surface area (Å²) >= 11 is 0. The van der Waals surface area contributed by atoms with Gasteiger partial charge in [-0.05, 0) is 55.0 Å². The molecule has 0 atom stereocenters. The van der Waals surface area contributed by atoms with Crippen LogP contribution in [0.5, 0.6) is 0 Å². The minimum absolute atomic E-state index is 0.0363. The normalized spacial score (nSPS) is 11.1. The van der Waals surface area contributed by atoms with Crippen molar-refractivity contribution in [2.75, 3.05) is 11.9 Å². The molecule has 0 unspecified atom stereocenters. The number of unbranched alkanes of at least 4 members (excludes halogenated alkanes) is 1. The topological polar surface area (TPSA) is 102 Å². The average Bonchev–Trinajstić information content (AvgIpc) is 2.84. The van der Waals surface area contributed by atoms with E-state index in [0.29, 0.717) is 48.3 Å². The number of anilines is 1. The quantitative estimate of drug-likeness (QED) is 0.413. The lowest BCUT2D eigenvalue weighted by Gasteiger charge is -2.14. The highest BCUT2D eigenvalue weighted by atomic mass is 16.2. The Balaban J connectivity index is 1.78. The molecule has 3 rings (SSSR count). The molecule has 2 N–H and O–H groups in total. The largest absolute Gasteiger partial charge is 0.356 e. The molecule has 1 heterocycles. The molecule has 0 aliphatic rings. The molecule has 2 amide bonds. The van der Waals surface area contributed by atoms with Gasteiger partial charge >= 0.3 is 5.69 Å². The van der Waals surface area contributed by atoms with Crippen molar-refractivity contribution in [2.45, 2.75) is 59.5 Å². The van der Waals surface area contributed by atoms with E-state index in [0.717, 1.165) is 12.0 Å². The van der Waals surface area contributed by atoms with Gasteiger partial charge in [-0.2, -0.15) is 0 Å². The number of carbonyl (C=O) groups excluding carboxylic acids is 2. The van der Waals surface area contributed by atoms with Crippen LogP contribution in [-0.2, 0) is 29.1 Å². The van der Waals surface area contributed by atoms with E-state index < -0.39 is 5.69 Å².